The van der Waals surface area contributed by atoms with E-state index in [1.54, 1.807) is 18.7 Å². The van der Waals surface area contributed by atoms with Crippen molar-refractivity contribution in [2.75, 3.05) is 12.3 Å². The van der Waals surface area contributed by atoms with Gasteiger partial charge in [-0.1, -0.05) is 18.7 Å². The van der Waals surface area contributed by atoms with Gasteiger partial charge < -0.3 is 11.1 Å². The van der Waals surface area contributed by atoms with Crippen molar-refractivity contribution in [3.8, 4) is 0 Å². The second-order valence-electron chi connectivity index (χ2n) is 3.33. The van der Waals surface area contributed by atoms with Gasteiger partial charge in [-0.25, -0.2) is 0 Å². The first-order chi connectivity index (χ1) is 6.09. The molecule has 0 aromatic rings. The van der Waals surface area contributed by atoms with Crippen LogP contribution in [0.4, 0.5) is 0 Å². The van der Waals surface area contributed by atoms with Gasteiger partial charge in [-0.3, -0.25) is 9.79 Å². The quantitative estimate of drug-likeness (QED) is 0.670. The highest BCUT2D eigenvalue weighted by Gasteiger charge is 2.15. The molecule has 4 nitrogen and oxygen atoms in total. The Kier molecular flexibility index (Phi) is 3.59. The standard InChI is InChI=1S/C8H15N3OS/c1-5-3-10-8(13-4-5)11-6(2)7(9)12/h5-6H,3-4H2,1-2H3,(H2,9,12)(H,10,11). The number of carbonyl (C=O) groups excluding carboxylic acids is 1. The molecule has 0 radical (unpaired) electrons. The van der Waals surface area contributed by atoms with Gasteiger partial charge in [-0.15, -0.1) is 0 Å². The number of thioether (sulfide) groups is 1. The van der Waals surface area contributed by atoms with Crippen molar-refractivity contribution in [3.05, 3.63) is 0 Å². The molecule has 0 aromatic heterocycles. The van der Waals surface area contributed by atoms with Gasteiger partial charge in [0.1, 0.15) is 6.04 Å². The molecule has 0 fully saturated rings. The third-order valence-corrected chi connectivity index (χ3v) is 3.07. The van der Waals surface area contributed by atoms with Crippen LogP contribution in [0.15, 0.2) is 4.99 Å². The van der Waals surface area contributed by atoms with Crippen molar-refractivity contribution in [1.82, 2.24) is 5.32 Å². The minimum Gasteiger partial charge on any atom is -0.368 e. The maximum absolute atomic E-state index is 10.7. The molecule has 0 aromatic carbocycles. The van der Waals surface area contributed by atoms with E-state index in [0.29, 0.717) is 5.92 Å². The zero-order valence-corrected chi connectivity index (χ0v) is 8.73. The van der Waals surface area contributed by atoms with Crippen LogP contribution in [0.1, 0.15) is 13.8 Å². The Bertz CT molecular complexity index is 229. The molecule has 13 heavy (non-hydrogen) atoms. The molecule has 0 spiro atoms. The van der Waals surface area contributed by atoms with Crippen LogP contribution >= 0.6 is 11.8 Å². The minimum atomic E-state index is -0.345. The smallest absolute Gasteiger partial charge is 0.239 e. The number of aliphatic imine (C=N–C) groups is 1. The van der Waals surface area contributed by atoms with Gasteiger partial charge in [0.15, 0.2) is 5.17 Å². The number of amides is 1. The third kappa shape index (κ3) is 3.26. The Hall–Kier alpha value is -0.710. The maximum atomic E-state index is 10.7. The van der Waals surface area contributed by atoms with Crippen LogP contribution in [0.3, 0.4) is 0 Å². The molecular weight excluding hydrogens is 186 g/mol. The van der Waals surface area contributed by atoms with Crippen molar-refractivity contribution in [1.29, 1.82) is 0 Å². The molecule has 0 saturated heterocycles. The van der Waals surface area contributed by atoms with Crippen LogP contribution in [0.5, 0.6) is 0 Å². The molecule has 3 N–H and O–H groups in total. The fourth-order valence-corrected chi connectivity index (χ4v) is 1.88. The summed E-state index contributed by atoms with van der Waals surface area (Å²) >= 11 is 1.65. The predicted octanol–water partition coefficient (Wildman–Crippen LogP) is 0.189. The summed E-state index contributed by atoms with van der Waals surface area (Å²) in [7, 11) is 0. The third-order valence-electron chi connectivity index (χ3n) is 1.82. The minimum absolute atomic E-state index is 0.334. The van der Waals surface area contributed by atoms with Crippen molar-refractivity contribution >= 4 is 22.8 Å². The first-order valence-corrected chi connectivity index (χ1v) is 5.31. The van der Waals surface area contributed by atoms with E-state index >= 15 is 0 Å². The van der Waals surface area contributed by atoms with Gasteiger partial charge >= 0.3 is 0 Å². The highest BCUT2D eigenvalue weighted by atomic mass is 32.2. The molecule has 0 aliphatic carbocycles. The molecule has 74 valence electrons. The van der Waals surface area contributed by atoms with Gasteiger partial charge in [-0.05, 0) is 12.8 Å². The summed E-state index contributed by atoms with van der Waals surface area (Å²) in [4.78, 5) is 15.0. The largest absolute Gasteiger partial charge is 0.368 e. The number of hydrogen-bond acceptors (Lipinski definition) is 4. The molecule has 1 heterocycles. The lowest BCUT2D eigenvalue weighted by Gasteiger charge is -2.19. The SMILES string of the molecule is CC1CN=C(NC(C)C(N)=O)SC1. The van der Waals surface area contributed by atoms with E-state index in [4.69, 9.17) is 5.73 Å². The normalized spacial score (nSPS) is 24.8. The van der Waals surface area contributed by atoms with Gasteiger partial charge in [0, 0.05) is 12.3 Å². The Balaban J connectivity index is 2.41. The van der Waals surface area contributed by atoms with E-state index in [-0.39, 0.29) is 11.9 Å². The molecule has 0 saturated carbocycles. The number of nitrogens with zero attached hydrogens (tertiary/aromatic N) is 1. The molecular formula is C8H15N3OS. The monoisotopic (exact) mass is 201 g/mol. The van der Waals surface area contributed by atoms with Crippen molar-refractivity contribution < 1.29 is 4.79 Å². The summed E-state index contributed by atoms with van der Waals surface area (Å²) in [5.41, 5.74) is 5.11. The number of primary amides is 1. The molecule has 1 amide bonds. The number of nitrogens with two attached hydrogens (primary N) is 1. The summed E-state index contributed by atoms with van der Waals surface area (Å²) in [5, 5.41) is 3.81. The number of amidine groups is 1. The fraction of sp³-hybridized carbons (Fsp3) is 0.750. The summed E-state index contributed by atoms with van der Waals surface area (Å²) in [6, 6.07) is -0.334. The zero-order valence-electron chi connectivity index (χ0n) is 7.91. The molecule has 0 bridgehead atoms. The fourth-order valence-electron chi connectivity index (χ4n) is 0.902. The van der Waals surface area contributed by atoms with Crippen molar-refractivity contribution in [2.45, 2.75) is 19.9 Å². The Morgan fingerprint density at radius 1 is 1.85 bits per heavy atom. The number of carbonyl (C=O) groups is 1. The van der Waals surface area contributed by atoms with Crippen LogP contribution < -0.4 is 11.1 Å². The van der Waals surface area contributed by atoms with Gasteiger partial charge in [-0.2, -0.15) is 0 Å². The number of nitrogens with one attached hydrogen (secondary N) is 1. The van der Waals surface area contributed by atoms with E-state index in [0.717, 1.165) is 17.5 Å². The first kappa shape index (κ1) is 10.4. The lowest BCUT2D eigenvalue weighted by molar-refractivity contribution is -0.119. The average Bonchev–Trinajstić information content (AvgIpc) is 2.08. The van der Waals surface area contributed by atoms with Gasteiger partial charge in [0.2, 0.25) is 5.91 Å². The van der Waals surface area contributed by atoms with Gasteiger partial charge in [0.05, 0.1) is 0 Å². The topological polar surface area (TPSA) is 67.5 Å². The molecule has 1 aliphatic rings. The Morgan fingerprint density at radius 3 is 3.00 bits per heavy atom. The summed E-state index contributed by atoms with van der Waals surface area (Å²) in [6.07, 6.45) is 0. The highest BCUT2D eigenvalue weighted by molar-refractivity contribution is 8.13. The molecule has 1 aliphatic heterocycles. The Morgan fingerprint density at radius 2 is 2.54 bits per heavy atom. The second kappa shape index (κ2) is 4.50. The van der Waals surface area contributed by atoms with E-state index in [1.165, 1.54) is 0 Å². The highest BCUT2D eigenvalue weighted by Crippen LogP contribution is 2.15. The van der Waals surface area contributed by atoms with Crippen LogP contribution in [0.2, 0.25) is 0 Å². The van der Waals surface area contributed by atoms with E-state index in [9.17, 15) is 4.79 Å². The van der Waals surface area contributed by atoms with Crippen LogP contribution in [-0.2, 0) is 4.79 Å². The lowest BCUT2D eigenvalue weighted by atomic mass is 10.2. The lowest BCUT2D eigenvalue weighted by Crippen LogP contribution is -2.42. The first-order valence-electron chi connectivity index (χ1n) is 4.32. The average molecular weight is 201 g/mol. The summed E-state index contributed by atoms with van der Waals surface area (Å²) in [5.74, 6) is 1.33. The van der Waals surface area contributed by atoms with Gasteiger partial charge in [0.25, 0.3) is 0 Å². The molecule has 2 atom stereocenters. The number of rotatable bonds is 2. The predicted molar refractivity (Wildman–Crippen MR) is 55.7 cm³/mol. The molecule has 5 heteroatoms. The zero-order chi connectivity index (χ0) is 9.84. The van der Waals surface area contributed by atoms with E-state index in [2.05, 4.69) is 17.2 Å². The van der Waals surface area contributed by atoms with Crippen LogP contribution in [0, 0.1) is 5.92 Å². The van der Waals surface area contributed by atoms with E-state index in [1.807, 2.05) is 0 Å². The molecule has 2 unspecified atom stereocenters. The molecule has 1 rings (SSSR count). The number of hydrogen-bond donors (Lipinski definition) is 2. The summed E-state index contributed by atoms with van der Waals surface area (Å²) < 4.78 is 0. The second-order valence-corrected chi connectivity index (χ2v) is 4.34. The van der Waals surface area contributed by atoms with E-state index < -0.39 is 0 Å². The van der Waals surface area contributed by atoms with Crippen LogP contribution in [-0.4, -0.2) is 29.4 Å². The van der Waals surface area contributed by atoms with Crippen molar-refractivity contribution in [3.63, 3.8) is 0 Å². The maximum Gasteiger partial charge on any atom is 0.239 e. The Labute approximate surface area is 82.4 Å². The van der Waals surface area contributed by atoms with Crippen molar-refractivity contribution in [2.24, 2.45) is 16.6 Å². The summed E-state index contributed by atoms with van der Waals surface area (Å²) in [6.45, 7) is 4.73. The van der Waals surface area contributed by atoms with Crippen LogP contribution in [0.25, 0.3) is 0 Å².